The molecule has 0 radical (unpaired) electrons. The summed E-state index contributed by atoms with van der Waals surface area (Å²) >= 11 is 0. The molecule has 0 aliphatic carbocycles. The van der Waals surface area contributed by atoms with Crippen LogP contribution in [0.25, 0.3) is 0 Å². The van der Waals surface area contributed by atoms with Gasteiger partial charge in [0.1, 0.15) is 48.6 Å². The molecule has 0 unspecified atom stereocenters. The van der Waals surface area contributed by atoms with E-state index in [2.05, 4.69) is 9.97 Å². The Balaban J connectivity index is 0.000000704. The zero-order valence-electron chi connectivity index (χ0n) is 21.9. The molecule has 17 nitrogen and oxygen atoms in total. The van der Waals surface area contributed by atoms with Crippen molar-refractivity contribution >= 4 is 11.8 Å². The predicted molar refractivity (Wildman–Crippen MR) is 144 cm³/mol. The fourth-order valence-electron chi connectivity index (χ4n) is 4.01. The number of primary amides is 2. The Bertz CT molecular complexity index is 1110. The van der Waals surface area contributed by atoms with E-state index in [9.17, 15) is 35.1 Å². The van der Waals surface area contributed by atoms with Gasteiger partial charge in [-0.05, 0) is 6.92 Å². The van der Waals surface area contributed by atoms with E-state index in [0.29, 0.717) is 5.69 Å². The standard InChI is InChI=1S/C10H15N3O6.C10H15N3O5.C2H6.2CH4/c1-18-2-4-6(14)7(15)10(19-4)13-3-12-5(8(11)16)9(13)17;1-4-6(9(11)17)12-3-13(4)10-8(16)7(15)5(2-14)18-10;1-2;;/h3-4,6-7,10,14-15,17H,2H2,1H3,(H2,11,16);3,5,7-8,10,14-16H,2H2,1H3,(H2,11,17);1-2H3;2*1H4/t4-,6-,7-,10-;5-,7-,8-,10-;;;/m11.../s1. The summed E-state index contributed by atoms with van der Waals surface area (Å²) in [6, 6.07) is 0. The van der Waals surface area contributed by atoms with Crippen LogP contribution in [0.15, 0.2) is 12.7 Å². The average molecular weight is 593 g/mol. The molecule has 2 aliphatic rings. The Morgan fingerprint density at radius 2 is 1.32 bits per heavy atom. The molecule has 236 valence electrons. The number of amides is 2. The fourth-order valence-corrected chi connectivity index (χ4v) is 4.01. The molecule has 4 rings (SSSR count). The predicted octanol–water partition coefficient (Wildman–Crippen LogP) is -1.85. The highest BCUT2D eigenvalue weighted by Crippen LogP contribution is 2.33. The number of aliphatic hydroxyl groups excluding tert-OH is 5. The number of methoxy groups -OCH3 is 1. The summed E-state index contributed by atoms with van der Waals surface area (Å²) in [5.74, 6) is -2.11. The summed E-state index contributed by atoms with van der Waals surface area (Å²) in [5.41, 5.74) is 10.3. The molecular formula is C24H44N6O11. The fraction of sp³-hybridized carbons (Fsp3) is 0.667. The SMILES string of the molecule is C.C.CC.COC[C@H]1O[C@@H](n2cnc(C(N)=O)c2O)[C@H](O)[C@@H]1O.Cc1c(C(N)=O)ncn1[C@@H]1O[C@H](CO)[C@@H](O)[C@H]1O. The zero-order valence-corrected chi connectivity index (χ0v) is 21.9. The molecule has 0 saturated carbocycles. The van der Waals surface area contributed by atoms with Crippen LogP contribution in [0.2, 0.25) is 0 Å². The van der Waals surface area contributed by atoms with E-state index in [1.54, 1.807) is 6.92 Å². The van der Waals surface area contributed by atoms with Crippen molar-refractivity contribution in [1.29, 1.82) is 0 Å². The van der Waals surface area contributed by atoms with Crippen LogP contribution >= 0.6 is 0 Å². The minimum atomic E-state index is -1.29. The number of carbonyl (C=O) groups excluding carboxylic acids is 2. The van der Waals surface area contributed by atoms with Crippen molar-refractivity contribution < 1.29 is 54.4 Å². The van der Waals surface area contributed by atoms with Crippen LogP contribution in [0.5, 0.6) is 5.88 Å². The van der Waals surface area contributed by atoms with Crippen molar-refractivity contribution in [3.63, 3.8) is 0 Å². The topological polar surface area (TPSA) is 271 Å². The van der Waals surface area contributed by atoms with Gasteiger partial charge in [-0.15, -0.1) is 0 Å². The number of carbonyl (C=O) groups is 2. The number of imidazole rings is 2. The maximum atomic E-state index is 11.1. The van der Waals surface area contributed by atoms with Gasteiger partial charge < -0.3 is 60.9 Å². The third-order valence-electron chi connectivity index (χ3n) is 6.01. The highest BCUT2D eigenvalue weighted by atomic mass is 16.6. The molecular weight excluding hydrogens is 548 g/mol. The van der Waals surface area contributed by atoms with Crippen molar-refractivity contribution in [2.45, 2.75) is 84.7 Å². The van der Waals surface area contributed by atoms with Crippen LogP contribution < -0.4 is 11.5 Å². The first-order valence-electron chi connectivity index (χ1n) is 12.0. The van der Waals surface area contributed by atoms with E-state index < -0.39 is 73.4 Å². The Kier molecular flexibility index (Phi) is 15.1. The second-order valence-corrected chi connectivity index (χ2v) is 8.37. The van der Waals surface area contributed by atoms with Gasteiger partial charge in [-0.2, -0.15) is 0 Å². The van der Waals surface area contributed by atoms with Gasteiger partial charge >= 0.3 is 0 Å². The van der Waals surface area contributed by atoms with Gasteiger partial charge in [0.25, 0.3) is 11.8 Å². The molecule has 10 N–H and O–H groups in total. The lowest BCUT2D eigenvalue weighted by molar-refractivity contribution is -0.0617. The molecule has 0 aromatic carbocycles. The summed E-state index contributed by atoms with van der Waals surface area (Å²) in [6.45, 7) is 5.26. The summed E-state index contributed by atoms with van der Waals surface area (Å²) in [5, 5.41) is 57.9. The van der Waals surface area contributed by atoms with Gasteiger partial charge in [0.2, 0.25) is 5.88 Å². The van der Waals surface area contributed by atoms with Crippen LogP contribution in [0.1, 0.15) is 67.8 Å². The lowest BCUT2D eigenvalue weighted by atomic mass is 10.1. The molecule has 2 saturated heterocycles. The molecule has 2 amide bonds. The summed E-state index contributed by atoms with van der Waals surface area (Å²) in [4.78, 5) is 29.5. The molecule has 2 fully saturated rings. The first-order valence-corrected chi connectivity index (χ1v) is 12.0. The minimum absolute atomic E-state index is 0. The zero-order chi connectivity index (χ0) is 29.6. The number of ether oxygens (including phenoxy) is 3. The molecule has 4 heterocycles. The normalized spacial score (nSPS) is 28.3. The summed E-state index contributed by atoms with van der Waals surface area (Å²) < 4.78 is 18.0. The van der Waals surface area contributed by atoms with Gasteiger partial charge in [0.05, 0.1) is 19.5 Å². The van der Waals surface area contributed by atoms with E-state index in [1.807, 2.05) is 13.8 Å². The lowest BCUT2D eigenvalue weighted by Crippen LogP contribution is -2.33. The number of hydrogen-bond acceptors (Lipinski definition) is 13. The number of hydrogen-bond donors (Lipinski definition) is 8. The molecule has 17 heteroatoms. The Labute approximate surface area is 237 Å². The molecule has 0 bridgehead atoms. The molecule has 2 aromatic heterocycles. The highest BCUT2D eigenvalue weighted by Gasteiger charge is 2.45. The van der Waals surface area contributed by atoms with E-state index in [0.717, 1.165) is 10.9 Å². The van der Waals surface area contributed by atoms with Gasteiger partial charge in [-0.25, -0.2) is 9.97 Å². The van der Waals surface area contributed by atoms with Crippen LogP contribution in [-0.2, 0) is 14.2 Å². The Morgan fingerprint density at radius 1 is 0.878 bits per heavy atom. The van der Waals surface area contributed by atoms with Gasteiger partial charge in [-0.1, -0.05) is 28.7 Å². The van der Waals surface area contributed by atoms with Crippen molar-refractivity contribution in [3.05, 3.63) is 29.7 Å². The molecule has 2 aliphatic heterocycles. The van der Waals surface area contributed by atoms with Crippen molar-refractivity contribution in [2.75, 3.05) is 20.3 Å². The number of nitrogens with two attached hydrogens (primary N) is 2. The van der Waals surface area contributed by atoms with Crippen LogP contribution in [-0.4, -0.2) is 119 Å². The largest absolute Gasteiger partial charge is 0.493 e. The molecule has 2 aromatic rings. The van der Waals surface area contributed by atoms with E-state index in [1.165, 1.54) is 18.0 Å². The van der Waals surface area contributed by atoms with Crippen LogP contribution in [0.4, 0.5) is 0 Å². The summed E-state index contributed by atoms with van der Waals surface area (Å²) in [6.07, 6.45) is -6.07. The Morgan fingerprint density at radius 3 is 1.73 bits per heavy atom. The first kappa shape index (κ1) is 37.8. The minimum Gasteiger partial charge on any atom is -0.493 e. The average Bonchev–Trinajstić information content (AvgIpc) is 3.63. The molecule has 41 heavy (non-hydrogen) atoms. The third kappa shape index (κ3) is 7.77. The number of aromatic hydroxyl groups is 1. The molecule has 8 atom stereocenters. The number of rotatable bonds is 7. The highest BCUT2D eigenvalue weighted by molar-refractivity contribution is 5.93. The van der Waals surface area contributed by atoms with Gasteiger partial charge in [0.15, 0.2) is 18.1 Å². The maximum absolute atomic E-state index is 11.1. The van der Waals surface area contributed by atoms with Crippen molar-refractivity contribution in [3.8, 4) is 5.88 Å². The number of aliphatic hydroxyl groups is 5. The van der Waals surface area contributed by atoms with Crippen molar-refractivity contribution in [1.82, 2.24) is 19.1 Å². The quantitative estimate of drug-likeness (QED) is 0.176. The number of nitrogens with zero attached hydrogens (tertiary/aromatic N) is 4. The van der Waals surface area contributed by atoms with Crippen LogP contribution in [0, 0.1) is 6.92 Å². The van der Waals surface area contributed by atoms with Crippen molar-refractivity contribution in [2.24, 2.45) is 11.5 Å². The second kappa shape index (κ2) is 16.3. The van der Waals surface area contributed by atoms with E-state index >= 15 is 0 Å². The summed E-state index contributed by atoms with van der Waals surface area (Å²) in [7, 11) is 1.43. The van der Waals surface area contributed by atoms with E-state index in [-0.39, 0.29) is 32.8 Å². The monoisotopic (exact) mass is 592 g/mol. The maximum Gasteiger partial charge on any atom is 0.272 e. The lowest BCUT2D eigenvalue weighted by Gasteiger charge is -2.17. The first-order chi connectivity index (χ1) is 18.4. The van der Waals surface area contributed by atoms with Crippen LogP contribution in [0.3, 0.4) is 0 Å². The van der Waals surface area contributed by atoms with Gasteiger partial charge in [-0.3, -0.25) is 14.2 Å². The smallest absolute Gasteiger partial charge is 0.272 e. The third-order valence-corrected chi connectivity index (χ3v) is 6.01. The van der Waals surface area contributed by atoms with E-state index in [4.69, 9.17) is 30.8 Å². The second-order valence-electron chi connectivity index (χ2n) is 8.37. The Hall–Kier alpha value is -3.16. The molecule has 0 spiro atoms. The number of aromatic nitrogens is 4. The van der Waals surface area contributed by atoms with Gasteiger partial charge in [0, 0.05) is 12.8 Å².